The second-order valence-corrected chi connectivity index (χ2v) is 5.29. The van der Waals surface area contributed by atoms with Crippen LogP contribution in [0.3, 0.4) is 0 Å². The quantitative estimate of drug-likeness (QED) is 0.867. The summed E-state index contributed by atoms with van der Waals surface area (Å²) in [7, 11) is 0. The minimum atomic E-state index is 0.839. The maximum Gasteiger partial charge on any atom is 0.0399 e. The average molecular weight is 247 g/mol. The Balaban J connectivity index is 2.02. The Morgan fingerprint density at radius 2 is 2.17 bits per heavy atom. The lowest BCUT2D eigenvalue weighted by Crippen LogP contribution is -2.36. The highest BCUT2D eigenvalue weighted by Gasteiger charge is 2.17. The highest BCUT2D eigenvalue weighted by Crippen LogP contribution is 2.20. The Hall–Kier alpha value is -1.09. The lowest BCUT2D eigenvalue weighted by Gasteiger charge is -2.31. The number of rotatable bonds is 5. The van der Waals surface area contributed by atoms with Gasteiger partial charge >= 0.3 is 0 Å². The van der Waals surface area contributed by atoms with E-state index < -0.39 is 0 Å². The number of anilines is 1. The van der Waals surface area contributed by atoms with Gasteiger partial charge in [-0.2, -0.15) is 0 Å². The van der Waals surface area contributed by atoms with Crippen molar-refractivity contribution in [2.24, 2.45) is 5.92 Å². The van der Waals surface area contributed by atoms with Crippen molar-refractivity contribution in [3.8, 4) is 0 Å². The van der Waals surface area contributed by atoms with E-state index >= 15 is 0 Å². The molecule has 0 spiro atoms. The van der Waals surface area contributed by atoms with Crippen molar-refractivity contribution in [2.75, 3.05) is 31.1 Å². The van der Waals surface area contributed by atoms with Crippen LogP contribution < -0.4 is 10.2 Å². The molecule has 1 aromatic rings. The summed E-state index contributed by atoms with van der Waals surface area (Å²) >= 11 is 0. The van der Waals surface area contributed by atoms with Crippen LogP contribution in [0.5, 0.6) is 0 Å². The van der Waals surface area contributed by atoms with Gasteiger partial charge in [0.25, 0.3) is 0 Å². The summed E-state index contributed by atoms with van der Waals surface area (Å²) in [4.78, 5) is 6.82. The fraction of sp³-hybridized carbons (Fsp3) is 0.667. The molecule has 0 bridgehead atoms. The molecule has 1 aromatic heterocycles. The Morgan fingerprint density at radius 3 is 2.83 bits per heavy atom. The fourth-order valence-corrected chi connectivity index (χ4v) is 2.70. The number of aryl methyl sites for hydroxylation is 1. The zero-order valence-electron chi connectivity index (χ0n) is 11.7. The van der Waals surface area contributed by atoms with E-state index in [9.17, 15) is 0 Å². The number of hydrogen-bond donors (Lipinski definition) is 1. The van der Waals surface area contributed by atoms with Crippen LogP contribution in [0.4, 0.5) is 5.69 Å². The third-order valence-electron chi connectivity index (χ3n) is 3.68. The molecule has 1 N–H and O–H groups in total. The Kier molecular flexibility index (Phi) is 5.00. The van der Waals surface area contributed by atoms with Crippen LogP contribution in [0.1, 0.15) is 31.9 Å². The lowest BCUT2D eigenvalue weighted by molar-refractivity contribution is 0.373. The molecule has 3 nitrogen and oxygen atoms in total. The van der Waals surface area contributed by atoms with Crippen molar-refractivity contribution in [2.45, 2.75) is 33.1 Å². The van der Waals surface area contributed by atoms with Gasteiger partial charge in [-0.1, -0.05) is 6.92 Å². The molecule has 3 heteroatoms. The van der Waals surface area contributed by atoms with Crippen molar-refractivity contribution in [3.05, 3.63) is 24.0 Å². The summed E-state index contributed by atoms with van der Waals surface area (Å²) in [5.41, 5.74) is 2.45. The fourth-order valence-electron chi connectivity index (χ4n) is 2.70. The van der Waals surface area contributed by atoms with Crippen LogP contribution >= 0.6 is 0 Å². The van der Waals surface area contributed by atoms with Crippen molar-refractivity contribution < 1.29 is 0 Å². The first-order valence-corrected chi connectivity index (χ1v) is 7.18. The minimum absolute atomic E-state index is 0.839. The van der Waals surface area contributed by atoms with E-state index in [4.69, 9.17) is 0 Å². The van der Waals surface area contributed by atoms with E-state index in [2.05, 4.69) is 41.2 Å². The smallest absolute Gasteiger partial charge is 0.0399 e. The molecule has 1 aliphatic rings. The van der Waals surface area contributed by atoms with Crippen LogP contribution in [-0.4, -0.2) is 31.2 Å². The van der Waals surface area contributed by atoms with Gasteiger partial charge in [-0.25, -0.2) is 0 Å². The Morgan fingerprint density at radius 1 is 1.39 bits per heavy atom. The molecule has 0 atom stereocenters. The molecule has 0 unspecified atom stereocenters. The molecule has 0 aliphatic carbocycles. The molecule has 0 aromatic carbocycles. The molecule has 0 radical (unpaired) electrons. The first-order valence-electron chi connectivity index (χ1n) is 7.18. The third kappa shape index (κ3) is 3.70. The third-order valence-corrected chi connectivity index (χ3v) is 3.68. The summed E-state index contributed by atoms with van der Waals surface area (Å²) < 4.78 is 0. The second-order valence-electron chi connectivity index (χ2n) is 5.29. The van der Waals surface area contributed by atoms with Crippen molar-refractivity contribution in [3.63, 3.8) is 0 Å². The summed E-state index contributed by atoms with van der Waals surface area (Å²) in [5.74, 6) is 0.839. The number of nitrogens with zero attached hydrogens (tertiary/aromatic N) is 2. The normalized spacial score (nSPS) is 16.8. The largest absolute Gasteiger partial charge is 0.371 e. The Bertz CT molecular complexity index is 359. The van der Waals surface area contributed by atoms with Crippen molar-refractivity contribution in [1.82, 2.24) is 10.3 Å². The topological polar surface area (TPSA) is 28.2 Å². The predicted octanol–water partition coefficient (Wildman–Crippen LogP) is 2.61. The van der Waals surface area contributed by atoms with Gasteiger partial charge in [0.05, 0.1) is 0 Å². The molecule has 1 aliphatic heterocycles. The zero-order chi connectivity index (χ0) is 12.8. The van der Waals surface area contributed by atoms with Gasteiger partial charge in [0.2, 0.25) is 0 Å². The number of piperidine rings is 1. The van der Waals surface area contributed by atoms with E-state index in [-0.39, 0.29) is 0 Å². The molecule has 18 heavy (non-hydrogen) atoms. The minimum Gasteiger partial charge on any atom is -0.371 e. The highest BCUT2D eigenvalue weighted by molar-refractivity contribution is 5.46. The van der Waals surface area contributed by atoms with Gasteiger partial charge < -0.3 is 10.2 Å². The first kappa shape index (κ1) is 13.3. The van der Waals surface area contributed by atoms with Crippen LogP contribution in [0.2, 0.25) is 0 Å². The van der Waals surface area contributed by atoms with Gasteiger partial charge in [-0.3, -0.25) is 4.98 Å². The van der Waals surface area contributed by atoms with Crippen LogP contribution in [0, 0.1) is 12.8 Å². The monoisotopic (exact) mass is 247 g/mol. The molecule has 1 fully saturated rings. The molecular weight excluding hydrogens is 222 g/mol. The van der Waals surface area contributed by atoms with Gasteiger partial charge in [0.15, 0.2) is 0 Å². The summed E-state index contributed by atoms with van der Waals surface area (Å²) in [6.45, 7) is 9.02. The van der Waals surface area contributed by atoms with E-state index in [0.29, 0.717) is 0 Å². The number of aromatic nitrogens is 1. The molecular formula is C15H25N3. The van der Waals surface area contributed by atoms with E-state index in [0.717, 1.165) is 18.2 Å². The van der Waals surface area contributed by atoms with E-state index in [1.165, 1.54) is 44.6 Å². The SMILES string of the molecule is CCCN(CC1CCNCC1)c1ccnc(C)c1. The summed E-state index contributed by atoms with van der Waals surface area (Å²) in [5, 5.41) is 3.44. The van der Waals surface area contributed by atoms with Gasteiger partial charge in [0.1, 0.15) is 0 Å². The van der Waals surface area contributed by atoms with Crippen molar-refractivity contribution in [1.29, 1.82) is 0 Å². The zero-order valence-corrected chi connectivity index (χ0v) is 11.7. The number of hydrogen-bond acceptors (Lipinski definition) is 3. The summed E-state index contributed by atoms with van der Waals surface area (Å²) in [6.07, 6.45) is 5.75. The predicted molar refractivity (Wildman–Crippen MR) is 77.1 cm³/mol. The average Bonchev–Trinajstić information content (AvgIpc) is 2.39. The molecule has 0 amide bonds. The molecule has 1 saturated heterocycles. The van der Waals surface area contributed by atoms with Gasteiger partial charge in [-0.15, -0.1) is 0 Å². The van der Waals surface area contributed by atoms with E-state index in [1.54, 1.807) is 0 Å². The van der Waals surface area contributed by atoms with Crippen LogP contribution in [0.15, 0.2) is 18.3 Å². The molecule has 100 valence electrons. The Labute approximate surface area is 111 Å². The lowest BCUT2D eigenvalue weighted by atomic mass is 9.97. The molecule has 2 heterocycles. The van der Waals surface area contributed by atoms with Gasteiger partial charge in [-0.05, 0) is 57.3 Å². The van der Waals surface area contributed by atoms with Crippen molar-refractivity contribution >= 4 is 5.69 Å². The first-order chi connectivity index (χ1) is 8.79. The molecule has 0 saturated carbocycles. The van der Waals surface area contributed by atoms with Gasteiger partial charge in [0, 0.05) is 30.7 Å². The van der Waals surface area contributed by atoms with E-state index in [1.807, 2.05) is 6.20 Å². The number of pyridine rings is 1. The highest BCUT2D eigenvalue weighted by atomic mass is 15.1. The maximum atomic E-state index is 4.29. The second kappa shape index (κ2) is 6.74. The maximum absolute atomic E-state index is 4.29. The standard InChI is InChI=1S/C15H25N3/c1-3-10-18(12-14-4-7-16-8-5-14)15-6-9-17-13(2)11-15/h6,9,11,14,16H,3-5,7-8,10,12H2,1-2H3. The molecule has 2 rings (SSSR count). The van der Waals surface area contributed by atoms with Crippen LogP contribution in [0.25, 0.3) is 0 Å². The summed E-state index contributed by atoms with van der Waals surface area (Å²) in [6, 6.07) is 4.35. The number of nitrogens with one attached hydrogen (secondary N) is 1. The van der Waals surface area contributed by atoms with Crippen LogP contribution in [-0.2, 0) is 0 Å².